The van der Waals surface area contributed by atoms with Gasteiger partial charge in [0.25, 0.3) is 0 Å². The number of nitrogens with one attached hydrogen (secondary N) is 1. The standard InChI is InChI=1S/C20H28N6O/c1-16(27)25-11-13-26(14-12-25)19-15-18(17-7-5-4-6-8-17)22-20(23-19)21-9-10-24(2)3/h4-8,15H,9-14H2,1-3H3,(H,21,22,23). The third-order valence-electron chi connectivity index (χ3n) is 4.67. The van der Waals surface area contributed by atoms with Crippen molar-refractivity contribution in [2.75, 3.05) is 63.6 Å². The Morgan fingerprint density at radius 3 is 2.44 bits per heavy atom. The molecule has 1 amide bonds. The van der Waals surface area contributed by atoms with Crippen LogP contribution in [0, 0.1) is 0 Å². The predicted molar refractivity (Wildman–Crippen MR) is 109 cm³/mol. The van der Waals surface area contributed by atoms with E-state index in [1.165, 1.54) is 0 Å². The van der Waals surface area contributed by atoms with Gasteiger partial charge in [-0.25, -0.2) is 4.98 Å². The number of piperazine rings is 1. The van der Waals surface area contributed by atoms with Gasteiger partial charge in [0.1, 0.15) is 5.82 Å². The van der Waals surface area contributed by atoms with E-state index >= 15 is 0 Å². The van der Waals surface area contributed by atoms with E-state index in [9.17, 15) is 4.79 Å². The Labute approximate surface area is 161 Å². The van der Waals surface area contributed by atoms with Gasteiger partial charge in [0, 0.05) is 57.8 Å². The minimum absolute atomic E-state index is 0.133. The molecule has 0 radical (unpaired) electrons. The van der Waals surface area contributed by atoms with Gasteiger partial charge in [0.2, 0.25) is 11.9 Å². The molecule has 0 unspecified atom stereocenters. The summed E-state index contributed by atoms with van der Waals surface area (Å²) in [5.74, 6) is 1.68. The summed E-state index contributed by atoms with van der Waals surface area (Å²) in [7, 11) is 4.09. The van der Waals surface area contributed by atoms with Gasteiger partial charge in [-0.05, 0) is 14.1 Å². The van der Waals surface area contributed by atoms with Crippen LogP contribution in [-0.2, 0) is 4.79 Å². The van der Waals surface area contributed by atoms with Crippen molar-refractivity contribution in [2.24, 2.45) is 0 Å². The molecule has 2 heterocycles. The summed E-state index contributed by atoms with van der Waals surface area (Å²) in [4.78, 5) is 27.2. The first-order valence-electron chi connectivity index (χ1n) is 9.36. The number of nitrogens with zero attached hydrogens (tertiary/aromatic N) is 5. The highest BCUT2D eigenvalue weighted by Gasteiger charge is 2.21. The zero-order valence-corrected chi connectivity index (χ0v) is 16.4. The lowest BCUT2D eigenvalue weighted by molar-refractivity contribution is -0.129. The molecule has 1 aromatic carbocycles. The van der Waals surface area contributed by atoms with Crippen LogP contribution in [0.5, 0.6) is 0 Å². The van der Waals surface area contributed by atoms with E-state index in [2.05, 4.69) is 27.2 Å². The molecule has 1 aliphatic heterocycles. The zero-order chi connectivity index (χ0) is 19.2. The van der Waals surface area contributed by atoms with Gasteiger partial charge in [0.15, 0.2) is 0 Å². The van der Waals surface area contributed by atoms with Crippen LogP contribution in [0.4, 0.5) is 11.8 Å². The van der Waals surface area contributed by atoms with Crippen LogP contribution in [0.25, 0.3) is 11.3 Å². The highest BCUT2D eigenvalue weighted by molar-refractivity contribution is 5.73. The molecule has 2 aromatic rings. The Morgan fingerprint density at radius 2 is 1.81 bits per heavy atom. The third-order valence-corrected chi connectivity index (χ3v) is 4.67. The van der Waals surface area contributed by atoms with Gasteiger partial charge in [-0.1, -0.05) is 30.3 Å². The molecule has 3 rings (SSSR count). The second kappa shape index (κ2) is 8.81. The lowest BCUT2D eigenvalue weighted by atomic mass is 10.1. The molecule has 27 heavy (non-hydrogen) atoms. The molecule has 7 heteroatoms. The number of carbonyl (C=O) groups is 1. The Bertz CT molecular complexity index is 756. The monoisotopic (exact) mass is 368 g/mol. The molecule has 1 saturated heterocycles. The maximum absolute atomic E-state index is 11.6. The van der Waals surface area contributed by atoms with Crippen LogP contribution in [0.1, 0.15) is 6.92 Å². The maximum atomic E-state index is 11.6. The second-order valence-corrected chi connectivity index (χ2v) is 7.02. The quantitative estimate of drug-likeness (QED) is 0.839. The molecule has 7 nitrogen and oxygen atoms in total. The Balaban J connectivity index is 1.82. The number of amides is 1. The number of aromatic nitrogens is 2. The lowest BCUT2D eigenvalue weighted by Gasteiger charge is -2.35. The van der Waals surface area contributed by atoms with Crippen LogP contribution in [-0.4, -0.2) is 79.0 Å². The van der Waals surface area contributed by atoms with E-state index in [4.69, 9.17) is 9.97 Å². The van der Waals surface area contributed by atoms with Crippen LogP contribution < -0.4 is 10.2 Å². The van der Waals surface area contributed by atoms with Crippen molar-refractivity contribution >= 4 is 17.7 Å². The van der Waals surface area contributed by atoms with Gasteiger partial charge in [0.05, 0.1) is 5.69 Å². The minimum Gasteiger partial charge on any atom is -0.353 e. The molecule has 0 bridgehead atoms. The molecule has 0 saturated carbocycles. The molecule has 1 fully saturated rings. The molecular formula is C20H28N6O. The van der Waals surface area contributed by atoms with Gasteiger partial charge in [-0.15, -0.1) is 0 Å². The van der Waals surface area contributed by atoms with Crippen LogP contribution in [0.2, 0.25) is 0 Å². The van der Waals surface area contributed by atoms with Gasteiger partial charge >= 0.3 is 0 Å². The predicted octanol–water partition coefficient (Wildman–Crippen LogP) is 1.79. The van der Waals surface area contributed by atoms with Gasteiger partial charge in [-0.3, -0.25) is 4.79 Å². The van der Waals surface area contributed by atoms with Crippen LogP contribution in [0.3, 0.4) is 0 Å². The summed E-state index contributed by atoms with van der Waals surface area (Å²) in [6, 6.07) is 12.2. The highest BCUT2D eigenvalue weighted by Crippen LogP contribution is 2.24. The minimum atomic E-state index is 0.133. The summed E-state index contributed by atoms with van der Waals surface area (Å²) < 4.78 is 0. The number of likely N-dealkylation sites (N-methyl/N-ethyl adjacent to an activating group) is 1. The Kier molecular flexibility index (Phi) is 6.24. The molecule has 144 valence electrons. The normalized spacial score (nSPS) is 14.5. The van der Waals surface area contributed by atoms with Crippen molar-refractivity contribution in [3.8, 4) is 11.3 Å². The second-order valence-electron chi connectivity index (χ2n) is 7.02. The van der Waals surface area contributed by atoms with E-state index in [-0.39, 0.29) is 5.91 Å². The SMILES string of the molecule is CC(=O)N1CCN(c2cc(-c3ccccc3)nc(NCCN(C)C)n2)CC1. The first-order chi connectivity index (χ1) is 13.0. The van der Waals surface area contributed by atoms with Crippen molar-refractivity contribution in [3.05, 3.63) is 36.4 Å². The summed E-state index contributed by atoms with van der Waals surface area (Å²) in [5, 5.41) is 3.34. The number of anilines is 2. The number of hydrogen-bond donors (Lipinski definition) is 1. The molecule has 0 aliphatic carbocycles. The number of hydrogen-bond acceptors (Lipinski definition) is 6. The topological polar surface area (TPSA) is 64.6 Å². The summed E-state index contributed by atoms with van der Waals surface area (Å²) in [6.45, 7) is 6.33. The molecule has 1 aromatic heterocycles. The Hall–Kier alpha value is -2.67. The Morgan fingerprint density at radius 1 is 1.11 bits per heavy atom. The van der Waals surface area contributed by atoms with Crippen molar-refractivity contribution in [2.45, 2.75) is 6.92 Å². The fraction of sp³-hybridized carbons (Fsp3) is 0.450. The van der Waals surface area contributed by atoms with Gasteiger partial charge in [-0.2, -0.15) is 4.98 Å². The first kappa shape index (κ1) is 19.1. The van der Waals surface area contributed by atoms with E-state index in [0.29, 0.717) is 5.95 Å². The van der Waals surface area contributed by atoms with Gasteiger partial charge < -0.3 is 20.0 Å². The first-order valence-corrected chi connectivity index (χ1v) is 9.36. The fourth-order valence-electron chi connectivity index (χ4n) is 3.07. The van der Waals surface area contributed by atoms with Crippen molar-refractivity contribution < 1.29 is 4.79 Å². The summed E-state index contributed by atoms with van der Waals surface area (Å²) >= 11 is 0. The number of benzene rings is 1. The molecule has 1 N–H and O–H groups in total. The zero-order valence-electron chi connectivity index (χ0n) is 16.4. The third kappa shape index (κ3) is 5.17. The lowest BCUT2D eigenvalue weighted by Crippen LogP contribution is -2.48. The highest BCUT2D eigenvalue weighted by atomic mass is 16.2. The van der Waals surface area contributed by atoms with Crippen molar-refractivity contribution in [1.82, 2.24) is 19.8 Å². The average molecular weight is 368 g/mol. The number of rotatable bonds is 6. The summed E-state index contributed by atoms with van der Waals surface area (Å²) in [5.41, 5.74) is 1.97. The van der Waals surface area contributed by atoms with Crippen LogP contribution in [0.15, 0.2) is 36.4 Å². The van der Waals surface area contributed by atoms with Crippen molar-refractivity contribution in [3.63, 3.8) is 0 Å². The molecule has 0 atom stereocenters. The smallest absolute Gasteiger partial charge is 0.225 e. The largest absolute Gasteiger partial charge is 0.353 e. The van der Waals surface area contributed by atoms with E-state index in [1.807, 2.05) is 43.3 Å². The van der Waals surface area contributed by atoms with E-state index in [0.717, 1.165) is 56.3 Å². The molecule has 1 aliphatic rings. The van der Waals surface area contributed by atoms with E-state index in [1.54, 1.807) is 6.92 Å². The van der Waals surface area contributed by atoms with Crippen molar-refractivity contribution in [1.29, 1.82) is 0 Å². The number of carbonyl (C=O) groups excluding carboxylic acids is 1. The summed E-state index contributed by atoms with van der Waals surface area (Å²) in [6.07, 6.45) is 0. The molecule has 0 spiro atoms. The fourth-order valence-corrected chi connectivity index (χ4v) is 3.07. The molecular weight excluding hydrogens is 340 g/mol. The average Bonchev–Trinajstić information content (AvgIpc) is 2.68. The maximum Gasteiger partial charge on any atom is 0.225 e. The van der Waals surface area contributed by atoms with E-state index < -0.39 is 0 Å². The van der Waals surface area contributed by atoms with Crippen LogP contribution >= 0.6 is 0 Å².